The molecule has 19 heavy (non-hydrogen) atoms. The Morgan fingerprint density at radius 3 is 2.68 bits per heavy atom. The van der Waals surface area contributed by atoms with Gasteiger partial charge in [-0.15, -0.1) is 0 Å². The number of piperidine rings is 1. The van der Waals surface area contributed by atoms with Crippen LogP contribution in [0, 0.1) is 5.92 Å². The van der Waals surface area contributed by atoms with Gasteiger partial charge in [0.25, 0.3) is 0 Å². The summed E-state index contributed by atoms with van der Waals surface area (Å²) in [4.78, 5) is 5.27. The highest BCUT2D eigenvalue weighted by Crippen LogP contribution is 2.40. The van der Waals surface area contributed by atoms with Crippen LogP contribution < -0.4 is 5.32 Å². The van der Waals surface area contributed by atoms with E-state index in [1.165, 1.54) is 58.3 Å². The SMILES string of the molecule is CNC(CO)(CN1CCN2CCCCC2C1)C1CC1. The summed E-state index contributed by atoms with van der Waals surface area (Å²) in [6, 6.07) is 0.773. The Kier molecular flexibility index (Phi) is 4.13. The van der Waals surface area contributed by atoms with Crippen molar-refractivity contribution in [1.82, 2.24) is 15.1 Å². The molecule has 3 rings (SSSR count). The van der Waals surface area contributed by atoms with Gasteiger partial charge in [0.2, 0.25) is 0 Å². The molecule has 110 valence electrons. The second kappa shape index (κ2) is 5.68. The maximum atomic E-state index is 9.85. The lowest BCUT2D eigenvalue weighted by molar-refractivity contribution is 0.0198. The molecule has 0 spiro atoms. The van der Waals surface area contributed by atoms with Gasteiger partial charge in [-0.2, -0.15) is 0 Å². The molecule has 0 bridgehead atoms. The third-order valence-electron chi connectivity index (χ3n) is 5.57. The van der Waals surface area contributed by atoms with Crippen molar-refractivity contribution in [3.8, 4) is 0 Å². The van der Waals surface area contributed by atoms with E-state index in [4.69, 9.17) is 0 Å². The van der Waals surface area contributed by atoms with Gasteiger partial charge in [-0.05, 0) is 45.2 Å². The van der Waals surface area contributed by atoms with Crippen LogP contribution in [-0.4, -0.2) is 72.9 Å². The summed E-state index contributed by atoms with van der Waals surface area (Å²) in [6.07, 6.45) is 6.71. The summed E-state index contributed by atoms with van der Waals surface area (Å²) in [5, 5.41) is 13.3. The molecule has 4 nitrogen and oxygen atoms in total. The molecule has 2 heterocycles. The highest BCUT2D eigenvalue weighted by molar-refractivity contribution is 5.03. The molecule has 1 aliphatic carbocycles. The molecule has 1 saturated carbocycles. The lowest BCUT2D eigenvalue weighted by Crippen LogP contribution is -2.62. The van der Waals surface area contributed by atoms with Crippen molar-refractivity contribution in [2.75, 3.05) is 46.4 Å². The molecule has 0 amide bonds. The molecule has 3 fully saturated rings. The van der Waals surface area contributed by atoms with Crippen LogP contribution in [0.15, 0.2) is 0 Å². The number of hydrogen-bond acceptors (Lipinski definition) is 4. The van der Waals surface area contributed by atoms with Crippen LogP contribution in [0.4, 0.5) is 0 Å². The van der Waals surface area contributed by atoms with E-state index in [0.29, 0.717) is 5.92 Å². The first-order chi connectivity index (χ1) is 9.27. The lowest BCUT2D eigenvalue weighted by atomic mass is 9.92. The molecule has 2 N–H and O–H groups in total. The third-order valence-corrected chi connectivity index (χ3v) is 5.57. The van der Waals surface area contributed by atoms with Gasteiger partial charge < -0.3 is 10.4 Å². The van der Waals surface area contributed by atoms with Gasteiger partial charge in [0.1, 0.15) is 0 Å². The van der Waals surface area contributed by atoms with E-state index in [1.54, 1.807) is 0 Å². The molecule has 0 aromatic rings. The molecular weight excluding hydrogens is 238 g/mol. The summed E-state index contributed by atoms with van der Waals surface area (Å²) < 4.78 is 0. The monoisotopic (exact) mass is 267 g/mol. The van der Waals surface area contributed by atoms with Crippen LogP contribution >= 0.6 is 0 Å². The third kappa shape index (κ3) is 2.82. The minimum absolute atomic E-state index is 0.0448. The first-order valence-electron chi connectivity index (χ1n) is 8.03. The number of nitrogens with one attached hydrogen (secondary N) is 1. The maximum absolute atomic E-state index is 9.85. The maximum Gasteiger partial charge on any atom is 0.0628 e. The molecule has 0 radical (unpaired) electrons. The zero-order valence-corrected chi connectivity index (χ0v) is 12.3. The van der Waals surface area contributed by atoms with Gasteiger partial charge in [0.05, 0.1) is 12.1 Å². The number of fused-ring (bicyclic) bond motifs is 1. The number of rotatable bonds is 5. The second-order valence-electron chi connectivity index (χ2n) is 6.76. The number of nitrogens with zero attached hydrogens (tertiary/aromatic N) is 2. The van der Waals surface area contributed by atoms with E-state index in [-0.39, 0.29) is 12.1 Å². The van der Waals surface area contributed by atoms with Crippen molar-refractivity contribution in [2.45, 2.75) is 43.7 Å². The zero-order valence-electron chi connectivity index (χ0n) is 12.3. The second-order valence-corrected chi connectivity index (χ2v) is 6.76. The van der Waals surface area contributed by atoms with Crippen molar-refractivity contribution in [1.29, 1.82) is 0 Å². The number of hydrogen-bond donors (Lipinski definition) is 2. The predicted molar refractivity (Wildman–Crippen MR) is 77.3 cm³/mol. The normalized spacial score (nSPS) is 32.8. The van der Waals surface area contributed by atoms with Crippen LogP contribution in [-0.2, 0) is 0 Å². The lowest BCUT2D eigenvalue weighted by Gasteiger charge is -2.47. The minimum atomic E-state index is -0.0448. The summed E-state index contributed by atoms with van der Waals surface area (Å²) in [6.45, 7) is 6.20. The van der Waals surface area contributed by atoms with Crippen molar-refractivity contribution >= 4 is 0 Å². The fourth-order valence-electron chi connectivity index (χ4n) is 4.07. The van der Waals surface area contributed by atoms with Crippen LogP contribution in [0.1, 0.15) is 32.1 Å². The Bertz CT molecular complexity index is 302. The van der Waals surface area contributed by atoms with E-state index in [1.807, 2.05) is 7.05 Å². The molecule has 2 atom stereocenters. The number of aliphatic hydroxyl groups is 1. The Morgan fingerprint density at radius 2 is 2.00 bits per heavy atom. The van der Waals surface area contributed by atoms with Crippen LogP contribution in [0.5, 0.6) is 0 Å². The highest BCUT2D eigenvalue weighted by Gasteiger charge is 2.45. The van der Waals surface area contributed by atoms with Gasteiger partial charge in [-0.25, -0.2) is 0 Å². The van der Waals surface area contributed by atoms with E-state index in [0.717, 1.165) is 12.6 Å². The number of piperazine rings is 1. The van der Waals surface area contributed by atoms with Crippen molar-refractivity contribution in [3.63, 3.8) is 0 Å². The zero-order chi connectivity index (χ0) is 13.3. The largest absolute Gasteiger partial charge is 0.394 e. The van der Waals surface area contributed by atoms with E-state index in [2.05, 4.69) is 15.1 Å². The fraction of sp³-hybridized carbons (Fsp3) is 1.00. The fourth-order valence-corrected chi connectivity index (χ4v) is 4.07. The molecular formula is C15H29N3O. The van der Waals surface area contributed by atoms with Gasteiger partial charge in [0.15, 0.2) is 0 Å². The van der Waals surface area contributed by atoms with Crippen molar-refractivity contribution in [2.24, 2.45) is 5.92 Å². The molecule has 0 aromatic carbocycles. The van der Waals surface area contributed by atoms with Crippen LogP contribution in [0.3, 0.4) is 0 Å². The first-order valence-corrected chi connectivity index (χ1v) is 8.03. The Morgan fingerprint density at radius 1 is 1.16 bits per heavy atom. The number of aliphatic hydroxyl groups excluding tert-OH is 1. The summed E-state index contributed by atoms with van der Waals surface area (Å²) in [7, 11) is 2.02. The standard InChI is InChI=1S/C15H29N3O/c1-16-15(12-19,13-5-6-13)11-17-8-9-18-7-3-2-4-14(18)10-17/h13-14,16,19H,2-12H2,1H3. The quantitative estimate of drug-likeness (QED) is 0.762. The molecule has 2 aliphatic heterocycles. The summed E-state index contributed by atoms with van der Waals surface area (Å²) >= 11 is 0. The van der Waals surface area contributed by atoms with Crippen molar-refractivity contribution in [3.05, 3.63) is 0 Å². The Hall–Kier alpha value is -0.160. The van der Waals surface area contributed by atoms with Gasteiger partial charge in [0, 0.05) is 32.2 Å². The van der Waals surface area contributed by atoms with Gasteiger partial charge in [-0.1, -0.05) is 6.42 Å². The average molecular weight is 267 g/mol. The van der Waals surface area contributed by atoms with Crippen LogP contribution in [0.25, 0.3) is 0 Å². The molecule has 2 saturated heterocycles. The van der Waals surface area contributed by atoms with Crippen LogP contribution in [0.2, 0.25) is 0 Å². The van der Waals surface area contributed by atoms with E-state index in [9.17, 15) is 5.11 Å². The topological polar surface area (TPSA) is 38.7 Å². The Balaban J connectivity index is 1.60. The van der Waals surface area contributed by atoms with Gasteiger partial charge >= 0.3 is 0 Å². The van der Waals surface area contributed by atoms with Gasteiger partial charge in [-0.3, -0.25) is 9.80 Å². The summed E-state index contributed by atoms with van der Waals surface area (Å²) in [5.41, 5.74) is -0.0448. The van der Waals surface area contributed by atoms with E-state index >= 15 is 0 Å². The van der Waals surface area contributed by atoms with E-state index < -0.39 is 0 Å². The average Bonchev–Trinajstić information content (AvgIpc) is 3.30. The number of likely N-dealkylation sites (N-methyl/N-ethyl adjacent to an activating group) is 1. The molecule has 0 aromatic heterocycles. The molecule has 4 heteroatoms. The predicted octanol–water partition coefficient (Wildman–Crippen LogP) is 0.517. The Labute approximate surface area is 117 Å². The highest BCUT2D eigenvalue weighted by atomic mass is 16.3. The first kappa shape index (κ1) is 13.8. The minimum Gasteiger partial charge on any atom is -0.394 e. The molecule has 3 aliphatic rings. The molecule has 2 unspecified atom stereocenters. The van der Waals surface area contributed by atoms with Crippen molar-refractivity contribution < 1.29 is 5.11 Å². The summed E-state index contributed by atoms with van der Waals surface area (Å²) in [5.74, 6) is 0.687. The smallest absolute Gasteiger partial charge is 0.0628 e.